The second-order valence-electron chi connectivity index (χ2n) is 4.82. The number of rotatable bonds is 5. The molecule has 2 aromatic rings. The van der Waals surface area contributed by atoms with Gasteiger partial charge in [0.1, 0.15) is 5.75 Å². The summed E-state index contributed by atoms with van der Waals surface area (Å²) >= 11 is 1.35. The van der Waals surface area contributed by atoms with Crippen LogP contribution in [0.2, 0.25) is 0 Å². The first kappa shape index (κ1) is 15.3. The molecule has 1 heterocycles. The van der Waals surface area contributed by atoms with Gasteiger partial charge < -0.3 is 15.2 Å². The van der Waals surface area contributed by atoms with E-state index in [9.17, 15) is 14.7 Å². The van der Waals surface area contributed by atoms with Gasteiger partial charge in [-0.1, -0.05) is 6.92 Å². The molecule has 1 aromatic heterocycles. The summed E-state index contributed by atoms with van der Waals surface area (Å²) in [4.78, 5) is 24.2. The number of ketones is 1. The number of fused-ring (bicyclic) bond motifs is 1. The van der Waals surface area contributed by atoms with Crippen molar-refractivity contribution < 1.29 is 19.4 Å². The maximum Gasteiger partial charge on any atom is 0.308 e. The first-order valence-corrected chi connectivity index (χ1v) is 7.33. The molecule has 1 atom stereocenters. The van der Waals surface area contributed by atoms with Crippen LogP contribution < -0.4 is 5.32 Å². The Kier molecular flexibility index (Phi) is 4.47. The minimum absolute atomic E-state index is 0.0976. The number of anilines is 1. The highest BCUT2D eigenvalue weighted by Gasteiger charge is 2.20. The van der Waals surface area contributed by atoms with Gasteiger partial charge in [0.05, 0.1) is 23.6 Å². The fraction of sp³-hybridized carbons (Fsp3) is 0.333. The summed E-state index contributed by atoms with van der Waals surface area (Å²) in [7, 11) is 3.03. The zero-order valence-electron chi connectivity index (χ0n) is 12.1. The van der Waals surface area contributed by atoms with Crippen LogP contribution >= 0.6 is 11.3 Å². The van der Waals surface area contributed by atoms with Crippen LogP contribution in [-0.2, 0) is 9.53 Å². The Morgan fingerprint density at radius 2 is 2.10 bits per heavy atom. The van der Waals surface area contributed by atoms with Crippen LogP contribution in [0.15, 0.2) is 18.2 Å². The first-order chi connectivity index (χ1) is 9.96. The van der Waals surface area contributed by atoms with E-state index in [2.05, 4.69) is 10.1 Å². The molecule has 0 fully saturated rings. The quantitative estimate of drug-likeness (QED) is 0.504. The lowest BCUT2D eigenvalue weighted by molar-refractivity contribution is -0.144. The van der Waals surface area contributed by atoms with Gasteiger partial charge in [0, 0.05) is 18.2 Å². The Morgan fingerprint density at radius 3 is 2.71 bits per heavy atom. The van der Waals surface area contributed by atoms with Crippen LogP contribution in [-0.4, -0.2) is 31.0 Å². The van der Waals surface area contributed by atoms with Gasteiger partial charge in [0.15, 0.2) is 5.78 Å². The topological polar surface area (TPSA) is 75.6 Å². The Labute approximate surface area is 126 Å². The standard InChI is InChI=1S/C15H17NO4S/c1-8(15(19)20-3)4-12(18)14-6-9-5-11(17)10(16-2)7-13(9)21-14/h5-8,16-17H,4H2,1-3H3. The third kappa shape index (κ3) is 3.16. The van der Waals surface area contributed by atoms with E-state index in [0.29, 0.717) is 10.6 Å². The van der Waals surface area contributed by atoms with E-state index in [1.165, 1.54) is 18.4 Å². The van der Waals surface area contributed by atoms with Crippen LogP contribution in [0, 0.1) is 5.92 Å². The molecule has 112 valence electrons. The van der Waals surface area contributed by atoms with Gasteiger partial charge >= 0.3 is 5.97 Å². The number of hydrogen-bond donors (Lipinski definition) is 2. The third-order valence-electron chi connectivity index (χ3n) is 3.27. The van der Waals surface area contributed by atoms with Crippen molar-refractivity contribution in [1.82, 2.24) is 0 Å². The zero-order valence-corrected chi connectivity index (χ0v) is 12.9. The number of esters is 1. The lowest BCUT2D eigenvalue weighted by atomic mass is 10.0. The number of hydrogen-bond acceptors (Lipinski definition) is 6. The molecule has 2 N–H and O–H groups in total. The summed E-state index contributed by atoms with van der Waals surface area (Å²) in [6, 6.07) is 5.17. The van der Waals surface area contributed by atoms with Crippen LogP contribution in [0.1, 0.15) is 23.0 Å². The fourth-order valence-corrected chi connectivity index (χ4v) is 3.11. The van der Waals surface area contributed by atoms with Gasteiger partial charge in [0.2, 0.25) is 0 Å². The minimum atomic E-state index is -0.464. The molecule has 0 amide bonds. The van der Waals surface area contributed by atoms with Gasteiger partial charge in [-0.05, 0) is 23.6 Å². The maximum atomic E-state index is 12.2. The van der Waals surface area contributed by atoms with Crippen molar-refractivity contribution in [3.05, 3.63) is 23.1 Å². The predicted octanol–water partition coefficient (Wildman–Crippen LogP) is 3.03. The van der Waals surface area contributed by atoms with Crippen molar-refractivity contribution in [1.29, 1.82) is 0 Å². The molecular formula is C15H17NO4S. The van der Waals surface area contributed by atoms with E-state index in [1.54, 1.807) is 32.2 Å². The highest BCUT2D eigenvalue weighted by molar-refractivity contribution is 7.20. The van der Waals surface area contributed by atoms with E-state index in [0.717, 1.165) is 10.1 Å². The number of benzene rings is 1. The van der Waals surface area contributed by atoms with Crippen LogP contribution in [0.25, 0.3) is 10.1 Å². The molecule has 0 bridgehead atoms. The Hall–Kier alpha value is -2.08. The number of nitrogens with one attached hydrogen (secondary N) is 1. The molecule has 0 saturated carbocycles. The Balaban J connectivity index is 2.26. The fourth-order valence-electron chi connectivity index (χ4n) is 2.08. The number of ether oxygens (including phenoxy) is 1. The van der Waals surface area contributed by atoms with Crippen molar-refractivity contribution in [2.75, 3.05) is 19.5 Å². The highest BCUT2D eigenvalue weighted by atomic mass is 32.1. The maximum absolute atomic E-state index is 12.2. The monoisotopic (exact) mass is 307 g/mol. The first-order valence-electron chi connectivity index (χ1n) is 6.51. The molecule has 0 radical (unpaired) electrons. The molecule has 0 saturated heterocycles. The molecule has 0 aliphatic carbocycles. The summed E-state index contributed by atoms with van der Waals surface area (Å²) in [5.74, 6) is -0.808. The number of phenolic OH excluding ortho intramolecular Hbond substituents is 1. The van der Waals surface area contributed by atoms with Crippen molar-refractivity contribution in [2.24, 2.45) is 5.92 Å². The van der Waals surface area contributed by atoms with E-state index < -0.39 is 5.92 Å². The molecule has 5 nitrogen and oxygen atoms in total. The number of carbonyl (C=O) groups is 2. The summed E-state index contributed by atoms with van der Waals surface area (Å²) < 4.78 is 5.53. The Morgan fingerprint density at radius 1 is 1.38 bits per heavy atom. The van der Waals surface area contributed by atoms with Gasteiger partial charge in [-0.25, -0.2) is 0 Å². The van der Waals surface area contributed by atoms with Gasteiger partial charge in [-0.2, -0.15) is 0 Å². The average molecular weight is 307 g/mol. The van der Waals surface area contributed by atoms with Gasteiger partial charge in [-0.15, -0.1) is 11.3 Å². The normalized spacial score (nSPS) is 12.1. The second-order valence-corrected chi connectivity index (χ2v) is 5.90. The van der Waals surface area contributed by atoms with Crippen LogP contribution in [0.4, 0.5) is 5.69 Å². The zero-order chi connectivity index (χ0) is 15.6. The SMILES string of the molecule is CNc1cc2sc(C(=O)CC(C)C(=O)OC)cc2cc1O. The summed E-state index contributed by atoms with van der Waals surface area (Å²) in [6.07, 6.45) is 0.115. The summed E-state index contributed by atoms with van der Waals surface area (Å²) in [5, 5.41) is 13.5. The van der Waals surface area contributed by atoms with Gasteiger partial charge in [-0.3, -0.25) is 9.59 Å². The van der Waals surface area contributed by atoms with Crippen molar-refractivity contribution >= 4 is 38.9 Å². The molecule has 2 rings (SSSR count). The highest BCUT2D eigenvalue weighted by Crippen LogP contribution is 2.34. The van der Waals surface area contributed by atoms with E-state index in [1.807, 2.05) is 0 Å². The number of thiophene rings is 1. The minimum Gasteiger partial charge on any atom is -0.506 e. The average Bonchev–Trinajstić information content (AvgIpc) is 2.87. The molecular weight excluding hydrogens is 290 g/mol. The largest absolute Gasteiger partial charge is 0.506 e. The molecule has 21 heavy (non-hydrogen) atoms. The summed E-state index contributed by atoms with van der Waals surface area (Å²) in [6.45, 7) is 1.67. The third-order valence-corrected chi connectivity index (χ3v) is 4.41. The second kappa shape index (κ2) is 6.13. The van der Waals surface area contributed by atoms with Crippen molar-refractivity contribution in [3.8, 4) is 5.75 Å². The number of methoxy groups -OCH3 is 1. The Bertz CT molecular complexity index is 692. The molecule has 0 aliphatic heterocycles. The molecule has 1 unspecified atom stereocenters. The molecule has 1 aromatic carbocycles. The number of aromatic hydroxyl groups is 1. The molecule has 0 spiro atoms. The summed E-state index contributed by atoms with van der Waals surface area (Å²) in [5.41, 5.74) is 0.617. The predicted molar refractivity (Wildman–Crippen MR) is 83.2 cm³/mol. The van der Waals surface area contributed by atoms with Crippen LogP contribution in [0.3, 0.4) is 0 Å². The number of Topliss-reactive ketones (excluding diaryl/α,β-unsaturated/α-hetero) is 1. The number of phenols is 1. The van der Waals surface area contributed by atoms with Gasteiger partial charge in [0.25, 0.3) is 0 Å². The van der Waals surface area contributed by atoms with Crippen LogP contribution in [0.5, 0.6) is 5.75 Å². The number of carbonyl (C=O) groups excluding carboxylic acids is 2. The van der Waals surface area contributed by atoms with E-state index in [-0.39, 0.29) is 23.9 Å². The van der Waals surface area contributed by atoms with Crippen molar-refractivity contribution in [3.63, 3.8) is 0 Å². The lowest BCUT2D eigenvalue weighted by Gasteiger charge is -2.06. The van der Waals surface area contributed by atoms with Crippen molar-refractivity contribution in [2.45, 2.75) is 13.3 Å². The van der Waals surface area contributed by atoms with E-state index in [4.69, 9.17) is 0 Å². The smallest absolute Gasteiger partial charge is 0.308 e. The lowest BCUT2D eigenvalue weighted by Crippen LogP contribution is -2.16. The molecule has 6 heteroatoms. The van der Waals surface area contributed by atoms with E-state index >= 15 is 0 Å². The molecule has 0 aliphatic rings.